The number of carbonyl (C=O) groups is 1. The van der Waals surface area contributed by atoms with Gasteiger partial charge in [0.25, 0.3) is 5.91 Å². The number of carbonyl (C=O) groups excluding carboxylic acids is 1. The summed E-state index contributed by atoms with van der Waals surface area (Å²) in [4.78, 5) is 16.7. The molecule has 0 unspecified atom stereocenters. The maximum absolute atomic E-state index is 13.3. The van der Waals surface area contributed by atoms with Crippen LogP contribution in [0, 0.1) is 25.1 Å². The smallest absolute Gasteiger partial charge is 0.283 e. The van der Waals surface area contributed by atoms with E-state index in [0.717, 1.165) is 32.8 Å². The largest absolute Gasteiger partial charge is 0.318 e. The van der Waals surface area contributed by atoms with Crippen LogP contribution in [0.25, 0.3) is 11.8 Å². The highest BCUT2D eigenvalue weighted by atomic mass is 32.2. The van der Waals surface area contributed by atoms with Crippen molar-refractivity contribution in [2.24, 2.45) is 10.1 Å². The third kappa shape index (κ3) is 3.56. The van der Waals surface area contributed by atoms with E-state index in [2.05, 4.69) is 10.1 Å². The molecule has 29 heavy (non-hydrogen) atoms. The van der Waals surface area contributed by atoms with E-state index < -0.39 is 5.91 Å². The molecule has 0 bridgehead atoms. The third-order valence-corrected chi connectivity index (χ3v) is 6.48. The van der Waals surface area contributed by atoms with Gasteiger partial charge in [-0.1, -0.05) is 18.7 Å². The van der Waals surface area contributed by atoms with E-state index in [1.54, 1.807) is 30.0 Å². The van der Waals surface area contributed by atoms with Gasteiger partial charge in [0.05, 0.1) is 5.57 Å². The highest BCUT2D eigenvalue weighted by Gasteiger charge is 2.35. The van der Waals surface area contributed by atoms with Gasteiger partial charge >= 0.3 is 0 Å². The number of benzene rings is 1. The van der Waals surface area contributed by atoms with Crippen LogP contribution in [-0.4, -0.2) is 36.6 Å². The predicted octanol–water partition coefficient (Wildman–Crippen LogP) is 4.56. The minimum Gasteiger partial charge on any atom is -0.318 e. The molecule has 0 atom stereocenters. The molecular formula is C20H18FN5OS2. The molecule has 1 aromatic carbocycles. The molecule has 1 amide bonds. The van der Waals surface area contributed by atoms with E-state index in [9.17, 15) is 9.18 Å². The summed E-state index contributed by atoms with van der Waals surface area (Å²) >= 11 is 2.86. The summed E-state index contributed by atoms with van der Waals surface area (Å²) in [6.45, 7) is 5.89. The highest BCUT2D eigenvalue weighted by Crippen LogP contribution is 2.33. The van der Waals surface area contributed by atoms with Gasteiger partial charge in [-0.15, -0.1) is 5.10 Å². The van der Waals surface area contributed by atoms with Crippen molar-refractivity contribution in [1.29, 1.82) is 5.41 Å². The van der Waals surface area contributed by atoms with E-state index in [-0.39, 0.29) is 17.2 Å². The third-order valence-electron chi connectivity index (χ3n) is 4.56. The Hall–Kier alpha value is -2.65. The zero-order valence-electron chi connectivity index (χ0n) is 16.1. The van der Waals surface area contributed by atoms with Crippen molar-refractivity contribution in [3.63, 3.8) is 0 Å². The Morgan fingerprint density at radius 3 is 2.69 bits per heavy atom. The van der Waals surface area contributed by atoms with Crippen molar-refractivity contribution < 1.29 is 9.18 Å². The number of aliphatic imine (C=N–C) groups is 1. The Labute approximate surface area is 176 Å². The van der Waals surface area contributed by atoms with E-state index >= 15 is 0 Å². The molecule has 2 aliphatic heterocycles. The standard InChI is InChI=1S/C20H18FN5OS2/c1-4-28-20-24-26-17(22)16(18(27)23-19(26)29-20)10-13-9-11(2)25(12(13)3)15-7-5-14(21)6-8-15/h5-10,22H,4H2,1-3H3/b16-10-,22-17?. The number of aromatic nitrogens is 1. The lowest BCUT2D eigenvalue weighted by molar-refractivity contribution is -0.114. The predicted molar refractivity (Wildman–Crippen MR) is 118 cm³/mol. The van der Waals surface area contributed by atoms with Crippen LogP contribution in [0.4, 0.5) is 4.39 Å². The number of hydrogen-bond acceptors (Lipinski definition) is 5. The number of nitrogens with zero attached hydrogens (tertiary/aromatic N) is 4. The van der Waals surface area contributed by atoms with Crippen LogP contribution in [-0.2, 0) is 4.79 Å². The molecule has 2 aliphatic rings. The van der Waals surface area contributed by atoms with Gasteiger partial charge in [-0.2, -0.15) is 10.0 Å². The van der Waals surface area contributed by atoms with Crippen molar-refractivity contribution in [3.05, 3.63) is 58.7 Å². The molecule has 0 spiro atoms. The minimum absolute atomic E-state index is 0.0192. The first-order chi connectivity index (χ1) is 13.9. The summed E-state index contributed by atoms with van der Waals surface area (Å²) in [5.74, 6) is 0.133. The number of halogens is 1. The molecule has 0 fully saturated rings. The first-order valence-electron chi connectivity index (χ1n) is 8.97. The van der Waals surface area contributed by atoms with E-state index in [0.29, 0.717) is 5.17 Å². The number of aryl methyl sites for hydroxylation is 1. The fraction of sp³-hybridized carbons (Fsp3) is 0.200. The van der Waals surface area contributed by atoms with E-state index in [4.69, 9.17) is 5.41 Å². The molecule has 2 aromatic rings. The molecule has 9 heteroatoms. The van der Waals surface area contributed by atoms with Crippen molar-refractivity contribution >= 4 is 50.9 Å². The second-order valence-electron chi connectivity index (χ2n) is 6.46. The summed E-state index contributed by atoms with van der Waals surface area (Å²) in [6.07, 6.45) is 1.68. The second-order valence-corrected chi connectivity index (χ2v) is 8.92. The van der Waals surface area contributed by atoms with E-state index in [1.165, 1.54) is 28.9 Å². The van der Waals surface area contributed by atoms with Crippen molar-refractivity contribution in [2.45, 2.75) is 20.8 Å². The lowest BCUT2D eigenvalue weighted by Crippen LogP contribution is -2.35. The molecule has 3 heterocycles. The lowest BCUT2D eigenvalue weighted by Gasteiger charge is -2.20. The zero-order valence-corrected chi connectivity index (χ0v) is 17.7. The van der Waals surface area contributed by atoms with Crippen LogP contribution in [0.2, 0.25) is 0 Å². The van der Waals surface area contributed by atoms with Crippen molar-refractivity contribution in [3.8, 4) is 5.69 Å². The number of fused-ring (bicyclic) bond motifs is 1. The van der Waals surface area contributed by atoms with Crippen LogP contribution < -0.4 is 0 Å². The Morgan fingerprint density at radius 1 is 1.28 bits per heavy atom. The highest BCUT2D eigenvalue weighted by molar-refractivity contribution is 8.45. The van der Waals surface area contributed by atoms with Gasteiger partial charge < -0.3 is 4.57 Å². The van der Waals surface area contributed by atoms with Gasteiger partial charge in [-0.05, 0) is 73.3 Å². The molecule has 0 radical (unpaired) electrons. The van der Waals surface area contributed by atoms with Gasteiger partial charge in [-0.3, -0.25) is 10.2 Å². The summed E-state index contributed by atoms with van der Waals surface area (Å²) in [5.41, 5.74) is 3.66. The quantitative estimate of drug-likeness (QED) is 0.729. The lowest BCUT2D eigenvalue weighted by atomic mass is 10.1. The molecule has 0 saturated carbocycles. The summed E-state index contributed by atoms with van der Waals surface area (Å²) in [7, 11) is 0. The normalized spacial score (nSPS) is 17.7. The number of hydrogen-bond donors (Lipinski definition) is 1. The van der Waals surface area contributed by atoms with Crippen LogP contribution in [0.1, 0.15) is 23.9 Å². The molecular weight excluding hydrogens is 409 g/mol. The number of hydrazone groups is 1. The topological polar surface area (TPSA) is 73.8 Å². The Bertz CT molecular complexity index is 1110. The summed E-state index contributed by atoms with van der Waals surface area (Å²) in [5, 5.41) is 14.7. The number of nitrogens with one attached hydrogen (secondary N) is 1. The van der Waals surface area contributed by atoms with Gasteiger partial charge in [0.15, 0.2) is 10.2 Å². The summed E-state index contributed by atoms with van der Waals surface area (Å²) in [6, 6.07) is 8.18. The monoisotopic (exact) mass is 427 g/mol. The first kappa shape index (κ1) is 19.7. The average Bonchev–Trinajstić information content (AvgIpc) is 3.20. The van der Waals surface area contributed by atoms with Crippen LogP contribution in [0.3, 0.4) is 0 Å². The molecule has 1 aromatic heterocycles. The maximum atomic E-state index is 13.3. The molecule has 0 aliphatic carbocycles. The number of amides is 1. The maximum Gasteiger partial charge on any atom is 0.283 e. The number of rotatable bonds is 3. The Morgan fingerprint density at radius 2 is 2.00 bits per heavy atom. The summed E-state index contributed by atoms with van der Waals surface area (Å²) < 4.78 is 16.0. The number of amidine groups is 2. The zero-order chi connectivity index (χ0) is 20.7. The van der Waals surface area contributed by atoms with Crippen LogP contribution in [0.5, 0.6) is 0 Å². The van der Waals surface area contributed by atoms with Crippen LogP contribution in [0.15, 0.2) is 46.0 Å². The molecule has 1 N–H and O–H groups in total. The van der Waals surface area contributed by atoms with Gasteiger partial charge in [0.1, 0.15) is 5.82 Å². The molecule has 0 saturated heterocycles. The SMILES string of the molecule is CCSC1=NN2C(=N)/C(=C/c3cc(C)n(-c4ccc(F)cc4)c3C)C(=O)N=C2S1. The number of thioether (sulfide) groups is 2. The molecule has 148 valence electrons. The first-order valence-corrected chi connectivity index (χ1v) is 10.8. The van der Waals surface area contributed by atoms with Gasteiger partial charge in [-0.25, -0.2) is 4.39 Å². The van der Waals surface area contributed by atoms with Gasteiger partial charge in [0.2, 0.25) is 5.17 Å². The Balaban J connectivity index is 1.72. The minimum atomic E-state index is -0.446. The fourth-order valence-electron chi connectivity index (χ4n) is 3.23. The Kier molecular flexibility index (Phi) is 5.18. The molecule has 6 nitrogen and oxygen atoms in total. The van der Waals surface area contributed by atoms with Crippen molar-refractivity contribution in [1.82, 2.24) is 9.58 Å². The van der Waals surface area contributed by atoms with Crippen molar-refractivity contribution in [2.75, 3.05) is 5.75 Å². The average molecular weight is 428 g/mol. The van der Waals surface area contributed by atoms with Gasteiger partial charge in [0, 0.05) is 17.1 Å². The fourth-order valence-corrected chi connectivity index (χ4v) is 5.06. The second kappa shape index (κ2) is 7.64. The molecule has 4 rings (SSSR count). The van der Waals surface area contributed by atoms with E-state index in [1.807, 2.05) is 31.4 Å². The van der Waals surface area contributed by atoms with Crippen LogP contribution >= 0.6 is 23.5 Å².